The molecule has 0 saturated carbocycles. The van der Waals surface area contributed by atoms with Gasteiger partial charge in [-0.25, -0.2) is 9.97 Å². The predicted molar refractivity (Wildman–Crippen MR) is 135 cm³/mol. The predicted octanol–water partition coefficient (Wildman–Crippen LogP) is 4.58. The van der Waals surface area contributed by atoms with Crippen molar-refractivity contribution in [2.45, 2.75) is 4.90 Å². The van der Waals surface area contributed by atoms with Crippen LogP contribution in [0.15, 0.2) is 76.6 Å². The van der Waals surface area contributed by atoms with Crippen LogP contribution in [0.4, 0.5) is 17.3 Å². The number of hydrogen-bond acceptors (Lipinski definition) is 9. The Bertz CT molecular complexity index is 1280. The zero-order chi connectivity index (χ0) is 23.0. The summed E-state index contributed by atoms with van der Waals surface area (Å²) in [5.41, 5.74) is 8.43. The largest absolute Gasteiger partial charge is 0.506 e. The average Bonchev–Trinajstić information content (AvgIpc) is 2.84. The summed E-state index contributed by atoms with van der Waals surface area (Å²) in [6.45, 7) is 1.11. The molecule has 0 spiro atoms. The van der Waals surface area contributed by atoms with E-state index in [9.17, 15) is 5.11 Å². The number of nitrogens with one attached hydrogen (secondary N) is 2. The Labute approximate surface area is 196 Å². The number of methoxy groups -OCH3 is 1. The van der Waals surface area contributed by atoms with Crippen molar-refractivity contribution >= 4 is 46.5 Å². The van der Waals surface area contributed by atoms with Crippen LogP contribution in [0.25, 0.3) is 11.0 Å². The fourth-order valence-electron chi connectivity index (χ4n) is 3.04. The molecule has 4 aromatic rings. The van der Waals surface area contributed by atoms with Crippen LogP contribution < -0.4 is 20.5 Å². The number of hydrogen-bond donors (Lipinski definition) is 4. The third kappa shape index (κ3) is 5.71. The van der Waals surface area contributed by atoms with Gasteiger partial charge in [-0.05, 0) is 53.9 Å². The molecule has 0 radical (unpaired) electrons. The van der Waals surface area contributed by atoms with Gasteiger partial charge >= 0.3 is 0 Å². The summed E-state index contributed by atoms with van der Waals surface area (Å²) < 4.78 is 8.56. The van der Waals surface area contributed by atoms with E-state index < -0.39 is 0 Å². The first kappa shape index (κ1) is 22.4. The van der Waals surface area contributed by atoms with E-state index in [0.717, 1.165) is 21.5 Å². The van der Waals surface area contributed by atoms with Crippen molar-refractivity contribution in [3.8, 4) is 11.5 Å². The van der Waals surface area contributed by atoms with Crippen molar-refractivity contribution in [1.82, 2.24) is 9.97 Å². The van der Waals surface area contributed by atoms with Crippen LogP contribution in [0.3, 0.4) is 0 Å². The molecule has 0 bridgehead atoms. The van der Waals surface area contributed by atoms with Crippen LogP contribution in [0, 0.1) is 0 Å². The van der Waals surface area contributed by atoms with Crippen molar-refractivity contribution in [1.29, 1.82) is 0 Å². The maximum atomic E-state index is 10.3. The quantitative estimate of drug-likeness (QED) is 0.163. The fourth-order valence-corrected chi connectivity index (χ4v) is 3.74. The summed E-state index contributed by atoms with van der Waals surface area (Å²) in [6, 6.07) is 20.5. The Morgan fingerprint density at radius 2 is 1.82 bits per heavy atom. The molecule has 0 amide bonds. The SMILES string of the molecule is COc1ccc(O)c(Nc2nc3ccccc3nc2NSc2cccc(C=NCCN)c2)c1. The molecule has 1 aromatic heterocycles. The van der Waals surface area contributed by atoms with Crippen LogP contribution in [-0.4, -0.2) is 41.5 Å². The minimum absolute atomic E-state index is 0.0776. The number of para-hydroxylation sites is 2. The number of phenols is 1. The van der Waals surface area contributed by atoms with E-state index in [4.69, 9.17) is 20.4 Å². The van der Waals surface area contributed by atoms with Crippen molar-refractivity contribution in [3.63, 3.8) is 0 Å². The Kier molecular flexibility index (Phi) is 7.23. The van der Waals surface area contributed by atoms with Crippen LogP contribution >= 0.6 is 11.9 Å². The molecule has 1 heterocycles. The number of phenolic OH excluding ortho intramolecular Hbond substituents is 1. The highest BCUT2D eigenvalue weighted by Gasteiger charge is 2.12. The monoisotopic (exact) mass is 460 g/mol. The molecule has 0 aliphatic carbocycles. The molecule has 0 atom stereocenters. The zero-order valence-corrected chi connectivity index (χ0v) is 18.8. The number of aromatic hydroxyl groups is 1. The highest BCUT2D eigenvalue weighted by molar-refractivity contribution is 8.00. The normalized spacial score (nSPS) is 11.1. The third-order valence-corrected chi connectivity index (χ3v) is 5.43. The lowest BCUT2D eigenvalue weighted by Crippen LogP contribution is -2.03. The summed E-state index contributed by atoms with van der Waals surface area (Å²) in [4.78, 5) is 14.7. The smallest absolute Gasteiger partial charge is 0.180 e. The molecule has 33 heavy (non-hydrogen) atoms. The second-order valence-electron chi connectivity index (χ2n) is 7.02. The Morgan fingerprint density at radius 3 is 2.58 bits per heavy atom. The third-order valence-electron chi connectivity index (χ3n) is 4.65. The number of aliphatic imine (C=N–C) groups is 1. The van der Waals surface area contributed by atoms with Crippen molar-refractivity contribution < 1.29 is 9.84 Å². The summed E-state index contributed by atoms with van der Waals surface area (Å²) in [6.07, 6.45) is 1.81. The minimum Gasteiger partial charge on any atom is -0.506 e. The lowest BCUT2D eigenvalue weighted by atomic mass is 10.2. The summed E-state index contributed by atoms with van der Waals surface area (Å²) in [5.74, 6) is 1.70. The minimum atomic E-state index is 0.0776. The van der Waals surface area contributed by atoms with Crippen LogP contribution in [0.1, 0.15) is 5.56 Å². The van der Waals surface area contributed by atoms with E-state index in [1.807, 2.05) is 54.7 Å². The van der Waals surface area contributed by atoms with Gasteiger partial charge in [0.15, 0.2) is 11.6 Å². The topological polar surface area (TPSA) is 118 Å². The molecule has 168 valence electrons. The molecule has 0 fully saturated rings. The molecular weight excluding hydrogens is 436 g/mol. The Morgan fingerprint density at radius 1 is 1.03 bits per heavy atom. The van der Waals surface area contributed by atoms with Crippen LogP contribution in [0.2, 0.25) is 0 Å². The van der Waals surface area contributed by atoms with Crippen molar-refractivity contribution in [2.24, 2.45) is 10.7 Å². The second-order valence-corrected chi connectivity index (χ2v) is 7.90. The molecule has 3 aromatic carbocycles. The van der Waals surface area contributed by atoms with Crippen LogP contribution in [-0.2, 0) is 0 Å². The van der Waals surface area contributed by atoms with Gasteiger partial charge in [-0.2, -0.15) is 0 Å². The first-order valence-corrected chi connectivity index (χ1v) is 11.1. The summed E-state index contributed by atoms with van der Waals surface area (Å²) in [7, 11) is 1.57. The van der Waals surface area contributed by atoms with Gasteiger partial charge in [-0.1, -0.05) is 24.3 Å². The van der Waals surface area contributed by atoms with Gasteiger partial charge in [-0.15, -0.1) is 0 Å². The molecule has 0 unspecified atom stereocenters. The summed E-state index contributed by atoms with van der Waals surface area (Å²) >= 11 is 1.41. The standard InChI is InChI=1S/C24H24N6O2S/c1-32-17-9-10-22(31)21(14-17)29-23-24(28-20-8-3-2-7-19(20)27-23)30-33-18-6-4-5-16(13-18)15-26-12-11-25/h2-10,13-15,31H,11-12,25H2,1H3,(H,27,29)(H,28,30). The van der Waals surface area contributed by atoms with E-state index in [1.165, 1.54) is 11.9 Å². The van der Waals surface area contributed by atoms with Crippen LogP contribution in [0.5, 0.6) is 11.5 Å². The van der Waals surface area contributed by atoms with Gasteiger partial charge in [-0.3, -0.25) is 4.99 Å². The van der Waals surface area contributed by atoms with E-state index >= 15 is 0 Å². The number of ether oxygens (including phenoxy) is 1. The molecule has 0 aliphatic rings. The lowest BCUT2D eigenvalue weighted by Gasteiger charge is -2.14. The van der Waals surface area contributed by atoms with E-state index in [-0.39, 0.29) is 5.75 Å². The average molecular weight is 461 g/mol. The Hall–Kier alpha value is -3.82. The van der Waals surface area contributed by atoms with E-state index in [1.54, 1.807) is 25.3 Å². The second kappa shape index (κ2) is 10.7. The number of anilines is 3. The fraction of sp³-hybridized carbons (Fsp3) is 0.125. The van der Waals surface area contributed by atoms with Gasteiger partial charge in [0.05, 0.1) is 30.4 Å². The van der Waals surface area contributed by atoms with Gasteiger partial charge < -0.3 is 25.6 Å². The molecular formula is C24H24N6O2S. The Balaban J connectivity index is 1.62. The number of aromatic nitrogens is 2. The highest BCUT2D eigenvalue weighted by Crippen LogP contribution is 2.34. The number of benzene rings is 3. The van der Waals surface area contributed by atoms with E-state index in [2.05, 4.69) is 15.0 Å². The summed E-state index contributed by atoms with van der Waals surface area (Å²) in [5, 5.41) is 13.5. The van der Waals surface area contributed by atoms with Gasteiger partial charge in [0.1, 0.15) is 11.5 Å². The highest BCUT2D eigenvalue weighted by atomic mass is 32.2. The van der Waals surface area contributed by atoms with Gasteiger partial charge in [0.25, 0.3) is 0 Å². The molecule has 8 nitrogen and oxygen atoms in total. The van der Waals surface area contributed by atoms with Gasteiger partial charge in [0, 0.05) is 23.7 Å². The van der Waals surface area contributed by atoms with Crippen molar-refractivity contribution in [2.75, 3.05) is 30.2 Å². The number of nitrogens with zero attached hydrogens (tertiary/aromatic N) is 3. The number of fused-ring (bicyclic) bond motifs is 1. The lowest BCUT2D eigenvalue weighted by molar-refractivity contribution is 0.413. The van der Waals surface area contributed by atoms with E-state index in [0.29, 0.717) is 36.2 Å². The molecule has 4 rings (SSSR count). The first-order valence-electron chi connectivity index (χ1n) is 10.3. The molecule has 9 heteroatoms. The maximum absolute atomic E-state index is 10.3. The molecule has 0 saturated heterocycles. The number of rotatable bonds is 9. The maximum Gasteiger partial charge on any atom is 0.180 e. The van der Waals surface area contributed by atoms with Crippen molar-refractivity contribution in [3.05, 3.63) is 72.3 Å². The van der Waals surface area contributed by atoms with Gasteiger partial charge in [0.2, 0.25) is 0 Å². The number of nitrogens with two attached hydrogens (primary N) is 1. The zero-order valence-electron chi connectivity index (χ0n) is 18.0. The molecule has 5 N–H and O–H groups in total. The first-order chi connectivity index (χ1) is 16.2. The molecule has 0 aliphatic heterocycles.